The van der Waals surface area contributed by atoms with Crippen molar-refractivity contribution in [3.8, 4) is 0 Å². The number of unbranched alkanes of at least 4 members (excludes halogenated alkanes) is 1. The Morgan fingerprint density at radius 2 is 1.32 bits per heavy atom. The van der Waals surface area contributed by atoms with Gasteiger partial charge in [-0.05, 0) is 72.8 Å². The van der Waals surface area contributed by atoms with E-state index in [1.807, 2.05) is 19.1 Å². The number of rotatable bonds is 7. The molecule has 0 radical (unpaired) electrons. The van der Waals surface area contributed by atoms with Crippen LogP contribution < -0.4 is 0 Å². The van der Waals surface area contributed by atoms with Gasteiger partial charge in [-0.3, -0.25) is 14.4 Å². The van der Waals surface area contributed by atoms with E-state index >= 15 is 0 Å². The normalized spacial score (nSPS) is 39.3. The van der Waals surface area contributed by atoms with Crippen LogP contribution in [0.2, 0.25) is 0 Å². The maximum atomic E-state index is 13.7. The van der Waals surface area contributed by atoms with Crippen molar-refractivity contribution < 1.29 is 19.1 Å². The summed E-state index contributed by atoms with van der Waals surface area (Å²) in [4.78, 5) is 41.1. The summed E-state index contributed by atoms with van der Waals surface area (Å²) in [6.07, 6.45) is 9.97. The van der Waals surface area contributed by atoms with E-state index in [9.17, 15) is 14.4 Å². The lowest BCUT2D eigenvalue weighted by molar-refractivity contribution is -0.150. The number of hydrogen-bond donors (Lipinski definition) is 0. The Morgan fingerprint density at radius 3 is 1.65 bits per heavy atom. The third kappa shape index (κ3) is 3.05. The highest BCUT2D eigenvalue weighted by Gasteiger charge is 2.66. The Hall–Kier alpha value is -1.71. The number of allylic oxidation sites excluding steroid dienone is 2. The Labute approximate surface area is 206 Å². The molecule has 0 saturated heterocycles. The molecule has 0 heterocycles. The number of ether oxygens (including phenoxy) is 1. The van der Waals surface area contributed by atoms with Crippen molar-refractivity contribution >= 4 is 17.5 Å². The second-order valence-corrected chi connectivity index (χ2v) is 13.0. The molecule has 4 nitrogen and oxygen atoms in total. The van der Waals surface area contributed by atoms with E-state index in [0.29, 0.717) is 6.42 Å². The van der Waals surface area contributed by atoms with Crippen LogP contribution in [0.1, 0.15) is 100 Å². The van der Waals surface area contributed by atoms with Crippen molar-refractivity contribution in [3.63, 3.8) is 0 Å². The quantitative estimate of drug-likeness (QED) is 0.311. The Kier molecular flexibility index (Phi) is 5.90. The highest BCUT2D eigenvalue weighted by Crippen LogP contribution is 2.67. The van der Waals surface area contributed by atoms with Crippen LogP contribution >= 0.6 is 0 Å². The van der Waals surface area contributed by atoms with Gasteiger partial charge in [0.05, 0.1) is 6.61 Å². The molecule has 34 heavy (non-hydrogen) atoms. The van der Waals surface area contributed by atoms with Gasteiger partial charge in [-0.1, -0.05) is 73.5 Å². The first-order valence-electron chi connectivity index (χ1n) is 13.5. The topological polar surface area (TPSA) is 60.4 Å². The fourth-order valence-electron chi connectivity index (χ4n) is 7.88. The van der Waals surface area contributed by atoms with Gasteiger partial charge in [0.25, 0.3) is 0 Å². The zero-order valence-corrected chi connectivity index (χ0v) is 22.6. The molecule has 4 aliphatic rings. The molecule has 4 bridgehead atoms. The minimum absolute atomic E-state index is 0.133. The van der Waals surface area contributed by atoms with E-state index in [2.05, 4.69) is 48.5 Å². The lowest BCUT2D eigenvalue weighted by Crippen LogP contribution is -2.34. The van der Waals surface area contributed by atoms with Crippen LogP contribution in [0.25, 0.3) is 0 Å². The van der Waals surface area contributed by atoms with Crippen LogP contribution in [-0.2, 0) is 19.1 Å². The fraction of sp³-hybridized carbons (Fsp3) is 0.767. The average Bonchev–Trinajstić information content (AvgIpc) is 3.25. The molecule has 0 aromatic heterocycles. The summed E-state index contributed by atoms with van der Waals surface area (Å²) < 4.78 is 5.66. The number of Topliss-reactive ketones (excluding diaryl/α,β-unsaturated/α-hetero) is 2. The highest BCUT2D eigenvalue weighted by atomic mass is 16.5. The molecule has 0 amide bonds. The zero-order chi connectivity index (χ0) is 25.3. The number of esters is 1. The van der Waals surface area contributed by atoms with Crippen LogP contribution in [0, 0.1) is 38.9 Å². The molecule has 0 aromatic carbocycles. The zero-order valence-electron chi connectivity index (χ0n) is 22.6. The summed E-state index contributed by atoms with van der Waals surface area (Å²) in [7, 11) is 0. The fourth-order valence-corrected chi connectivity index (χ4v) is 7.88. The lowest BCUT2D eigenvalue weighted by atomic mass is 9.70. The lowest BCUT2D eigenvalue weighted by Gasteiger charge is -2.31. The minimum Gasteiger partial charge on any atom is -0.465 e. The molecule has 4 unspecified atom stereocenters. The molecular formula is C30H44O4. The maximum Gasteiger partial charge on any atom is 0.319 e. The SMILES string of the molecule is CCCCC(C=C1C(=O)C2(C)CCC1C2(C)C)(C=C1C(=O)C2(C)CCC1C2(C)C)C(=O)OCC. The predicted octanol–water partition coefficient (Wildman–Crippen LogP) is 6.63. The molecule has 4 atom stereocenters. The molecule has 0 spiro atoms. The van der Waals surface area contributed by atoms with Gasteiger partial charge in [0.2, 0.25) is 0 Å². The minimum atomic E-state index is -1.07. The molecular weight excluding hydrogens is 424 g/mol. The monoisotopic (exact) mass is 468 g/mol. The Bertz CT molecular complexity index is 916. The average molecular weight is 469 g/mol. The van der Waals surface area contributed by atoms with E-state index in [1.54, 1.807) is 0 Å². The van der Waals surface area contributed by atoms with Gasteiger partial charge < -0.3 is 4.74 Å². The van der Waals surface area contributed by atoms with Gasteiger partial charge in [-0.25, -0.2) is 0 Å². The second kappa shape index (κ2) is 7.90. The maximum absolute atomic E-state index is 13.7. The predicted molar refractivity (Wildman–Crippen MR) is 134 cm³/mol. The Morgan fingerprint density at radius 1 is 0.882 bits per heavy atom. The second-order valence-electron chi connectivity index (χ2n) is 13.0. The van der Waals surface area contributed by atoms with E-state index in [1.165, 1.54) is 0 Å². The summed E-state index contributed by atoms with van der Waals surface area (Å²) in [5, 5.41) is 0. The summed E-state index contributed by atoms with van der Waals surface area (Å²) in [5.41, 5.74) is -0.533. The van der Waals surface area contributed by atoms with Gasteiger partial charge in [0, 0.05) is 10.8 Å². The molecule has 4 saturated carbocycles. The third-order valence-electron chi connectivity index (χ3n) is 11.2. The first-order chi connectivity index (χ1) is 15.7. The standard InChI is InChI=1S/C30H44O4/c1-9-11-14-30(25(33)34-10-2,17-19-21-12-15-28(7,23(19)31)26(21,3)4)18-20-22-13-16-29(8,24(20)32)27(22,5)6/h17-18,21-22H,9-16H2,1-8H3. The van der Waals surface area contributed by atoms with Gasteiger partial charge in [0.1, 0.15) is 5.41 Å². The van der Waals surface area contributed by atoms with Crippen LogP contribution in [0.4, 0.5) is 0 Å². The Balaban J connectivity index is 1.90. The van der Waals surface area contributed by atoms with Crippen LogP contribution in [-0.4, -0.2) is 24.1 Å². The van der Waals surface area contributed by atoms with E-state index in [-0.39, 0.29) is 57.6 Å². The number of carbonyl (C=O) groups is 3. The van der Waals surface area contributed by atoms with Crippen molar-refractivity contribution in [2.45, 2.75) is 100 Å². The molecule has 4 heteroatoms. The molecule has 4 rings (SSSR count). The van der Waals surface area contributed by atoms with Gasteiger partial charge in [0.15, 0.2) is 11.6 Å². The largest absolute Gasteiger partial charge is 0.465 e. The first kappa shape index (κ1) is 25.4. The number of fused-ring (bicyclic) bond motifs is 4. The van der Waals surface area contributed by atoms with Crippen molar-refractivity contribution in [1.29, 1.82) is 0 Å². The van der Waals surface area contributed by atoms with Crippen molar-refractivity contribution in [3.05, 3.63) is 23.3 Å². The number of ketones is 2. The van der Waals surface area contributed by atoms with Crippen LogP contribution in [0.3, 0.4) is 0 Å². The van der Waals surface area contributed by atoms with Gasteiger partial charge in [-0.15, -0.1) is 0 Å². The van der Waals surface area contributed by atoms with Crippen molar-refractivity contribution in [2.24, 2.45) is 38.9 Å². The number of carbonyl (C=O) groups excluding carboxylic acids is 3. The van der Waals surface area contributed by atoms with Gasteiger partial charge in [-0.2, -0.15) is 0 Å². The molecule has 188 valence electrons. The summed E-state index contributed by atoms with van der Waals surface area (Å²) in [6, 6.07) is 0. The molecule has 4 fully saturated rings. The third-order valence-corrected chi connectivity index (χ3v) is 11.2. The summed E-state index contributed by atoms with van der Waals surface area (Å²) in [6.45, 7) is 17.2. The van der Waals surface area contributed by atoms with Gasteiger partial charge >= 0.3 is 5.97 Å². The highest BCUT2D eigenvalue weighted by molar-refractivity contribution is 6.07. The van der Waals surface area contributed by atoms with E-state index in [4.69, 9.17) is 4.74 Å². The van der Waals surface area contributed by atoms with E-state index < -0.39 is 5.41 Å². The van der Waals surface area contributed by atoms with Crippen molar-refractivity contribution in [1.82, 2.24) is 0 Å². The summed E-state index contributed by atoms with van der Waals surface area (Å²) >= 11 is 0. The first-order valence-corrected chi connectivity index (χ1v) is 13.5. The number of hydrogen-bond acceptors (Lipinski definition) is 4. The smallest absolute Gasteiger partial charge is 0.319 e. The van der Waals surface area contributed by atoms with Crippen LogP contribution in [0.15, 0.2) is 23.3 Å². The molecule has 0 N–H and O–H groups in total. The molecule has 0 aromatic rings. The molecule has 0 aliphatic heterocycles. The molecule has 4 aliphatic carbocycles. The summed E-state index contributed by atoms with van der Waals surface area (Å²) in [5.74, 6) is 0.334. The van der Waals surface area contributed by atoms with Crippen LogP contribution in [0.5, 0.6) is 0 Å². The van der Waals surface area contributed by atoms with E-state index in [0.717, 1.165) is 49.7 Å². The van der Waals surface area contributed by atoms with Crippen molar-refractivity contribution in [2.75, 3.05) is 6.61 Å².